The number of hydrogen-bond donors (Lipinski definition) is 1. The van der Waals surface area contributed by atoms with Gasteiger partial charge in [-0.2, -0.15) is 0 Å². The molecule has 1 N–H and O–H groups in total. The lowest BCUT2D eigenvalue weighted by Crippen LogP contribution is -2.08. The van der Waals surface area contributed by atoms with Crippen LogP contribution in [0.1, 0.15) is 0 Å². The van der Waals surface area contributed by atoms with Crippen LogP contribution in [-0.4, -0.2) is 21.7 Å². The number of hydrogen-bond acceptors (Lipinski definition) is 3. The number of esters is 1. The Morgan fingerprint density at radius 2 is 2.50 bits per heavy atom. The van der Waals surface area contributed by atoms with Crippen molar-refractivity contribution in [2.45, 2.75) is 10.6 Å². The van der Waals surface area contributed by atoms with Crippen LogP contribution in [0.2, 0.25) is 0 Å². The molecule has 1 heterocycles. The van der Waals surface area contributed by atoms with E-state index >= 15 is 0 Å². The molecule has 0 aromatic rings. The number of carbonyl (C=O) groups excluding carboxylic acids is 1. The zero-order valence-electron chi connectivity index (χ0n) is 4.75. The van der Waals surface area contributed by atoms with Gasteiger partial charge in [-0.3, -0.25) is 0 Å². The van der Waals surface area contributed by atoms with Gasteiger partial charge in [-0.1, -0.05) is 15.9 Å². The quantitative estimate of drug-likeness (QED) is 0.531. The van der Waals surface area contributed by atoms with Crippen molar-refractivity contribution in [3.05, 3.63) is 11.6 Å². The molecule has 0 bridgehead atoms. The van der Waals surface area contributed by atoms with Gasteiger partial charge in [0, 0.05) is 0 Å². The number of halogens is 2. The summed E-state index contributed by atoms with van der Waals surface area (Å²) in [6, 6.07) is 0. The number of aliphatic hydroxyl groups is 1. The van der Waals surface area contributed by atoms with Crippen molar-refractivity contribution in [3.63, 3.8) is 0 Å². The highest BCUT2D eigenvalue weighted by atomic mass is 79.9. The molecule has 56 valence electrons. The molecule has 0 aromatic heterocycles. The van der Waals surface area contributed by atoms with Crippen molar-refractivity contribution in [2.75, 3.05) is 0 Å². The summed E-state index contributed by atoms with van der Waals surface area (Å²) in [6.45, 7) is 0. The zero-order chi connectivity index (χ0) is 7.72. The average molecular weight is 227 g/mol. The number of cyclic esters (lactones) is 1. The standard InChI is InChI=1S/C5H4BrClO3/c6-4(7)2-1-3(8)10-5(2)9/h1,3-4,8H. The number of ether oxygens (including phenoxy) is 1. The van der Waals surface area contributed by atoms with Crippen molar-refractivity contribution < 1.29 is 14.6 Å². The monoisotopic (exact) mass is 226 g/mol. The summed E-state index contributed by atoms with van der Waals surface area (Å²) in [6.07, 6.45) is 0.121. The fourth-order valence-corrected chi connectivity index (χ4v) is 1.10. The highest BCUT2D eigenvalue weighted by Gasteiger charge is 2.27. The summed E-state index contributed by atoms with van der Waals surface area (Å²) in [7, 11) is 0. The van der Waals surface area contributed by atoms with Gasteiger partial charge in [0.25, 0.3) is 0 Å². The molecule has 3 nitrogen and oxygen atoms in total. The highest BCUT2D eigenvalue weighted by Crippen LogP contribution is 2.23. The first-order valence-electron chi connectivity index (χ1n) is 2.50. The molecule has 2 atom stereocenters. The summed E-state index contributed by atoms with van der Waals surface area (Å²) in [5.41, 5.74) is 0.245. The first kappa shape index (κ1) is 8.04. The van der Waals surface area contributed by atoms with Crippen LogP contribution in [0.4, 0.5) is 0 Å². The predicted octanol–water partition coefficient (Wildman–Crippen LogP) is 0.748. The molecule has 0 aliphatic carbocycles. The van der Waals surface area contributed by atoms with Crippen LogP contribution in [0.5, 0.6) is 0 Å². The molecule has 0 radical (unpaired) electrons. The van der Waals surface area contributed by atoms with Crippen molar-refractivity contribution in [1.82, 2.24) is 0 Å². The number of alkyl halides is 2. The minimum atomic E-state index is -1.14. The Hall–Kier alpha value is -0.0600. The first-order valence-corrected chi connectivity index (χ1v) is 3.85. The number of carbonyl (C=O) groups is 1. The zero-order valence-corrected chi connectivity index (χ0v) is 7.09. The lowest BCUT2D eigenvalue weighted by atomic mass is 10.3. The van der Waals surface area contributed by atoms with E-state index in [1.165, 1.54) is 6.08 Å². The summed E-state index contributed by atoms with van der Waals surface area (Å²) in [5, 5.41) is 8.72. The maximum absolute atomic E-state index is 10.7. The van der Waals surface area contributed by atoms with E-state index < -0.39 is 16.5 Å². The molecular weight excluding hydrogens is 223 g/mol. The van der Waals surface area contributed by atoms with Crippen molar-refractivity contribution in [3.8, 4) is 0 Å². The van der Waals surface area contributed by atoms with E-state index in [0.29, 0.717) is 0 Å². The smallest absolute Gasteiger partial charge is 0.338 e. The van der Waals surface area contributed by atoms with Gasteiger partial charge in [0.1, 0.15) is 4.29 Å². The molecule has 1 aliphatic heterocycles. The van der Waals surface area contributed by atoms with E-state index in [2.05, 4.69) is 20.7 Å². The molecule has 5 heteroatoms. The molecule has 1 aliphatic rings. The molecular formula is C5H4BrClO3. The van der Waals surface area contributed by atoms with Gasteiger partial charge in [-0.25, -0.2) is 4.79 Å². The summed E-state index contributed by atoms with van der Waals surface area (Å²) < 4.78 is 3.76. The lowest BCUT2D eigenvalue weighted by Gasteiger charge is -1.97. The Balaban J connectivity index is 2.75. The Labute approximate surface area is 70.7 Å². The maximum atomic E-state index is 10.7. The van der Waals surface area contributed by atoms with Crippen LogP contribution < -0.4 is 0 Å². The molecule has 1 rings (SSSR count). The SMILES string of the molecule is O=C1OC(O)C=C1C(Cl)Br. The van der Waals surface area contributed by atoms with Crippen molar-refractivity contribution >= 4 is 33.5 Å². The van der Waals surface area contributed by atoms with Crippen molar-refractivity contribution in [2.24, 2.45) is 0 Å². The summed E-state index contributed by atoms with van der Waals surface area (Å²) in [5.74, 6) is -0.579. The minimum absolute atomic E-state index is 0.245. The van der Waals surface area contributed by atoms with Gasteiger partial charge in [0.15, 0.2) is 0 Å². The van der Waals surface area contributed by atoms with Crippen LogP contribution in [0.15, 0.2) is 11.6 Å². The lowest BCUT2D eigenvalue weighted by molar-refractivity contribution is -0.151. The van der Waals surface area contributed by atoms with Crippen LogP contribution in [0.3, 0.4) is 0 Å². The minimum Gasteiger partial charge on any atom is -0.429 e. The maximum Gasteiger partial charge on any atom is 0.338 e. The molecule has 2 unspecified atom stereocenters. The molecule has 0 saturated carbocycles. The van der Waals surface area contributed by atoms with Crippen LogP contribution >= 0.6 is 27.5 Å². The Kier molecular flexibility index (Phi) is 2.33. The fourth-order valence-electron chi connectivity index (χ4n) is 0.595. The Morgan fingerprint density at radius 3 is 2.70 bits per heavy atom. The van der Waals surface area contributed by atoms with Gasteiger partial charge in [0.05, 0.1) is 5.57 Å². The van der Waals surface area contributed by atoms with E-state index in [-0.39, 0.29) is 5.57 Å². The molecule has 0 aromatic carbocycles. The Morgan fingerprint density at radius 1 is 1.90 bits per heavy atom. The molecule has 0 saturated heterocycles. The van der Waals surface area contributed by atoms with E-state index in [1.54, 1.807) is 0 Å². The first-order chi connectivity index (χ1) is 4.61. The van der Waals surface area contributed by atoms with Crippen molar-refractivity contribution in [1.29, 1.82) is 0 Å². The molecule has 0 amide bonds. The van der Waals surface area contributed by atoms with Crippen LogP contribution in [0.25, 0.3) is 0 Å². The van der Waals surface area contributed by atoms with E-state index in [1.807, 2.05) is 0 Å². The van der Waals surface area contributed by atoms with Gasteiger partial charge < -0.3 is 9.84 Å². The second kappa shape index (κ2) is 2.90. The highest BCUT2D eigenvalue weighted by molar-refractivity contribution is 9.10. The number of rotatable bonds is 1. The van der Waals surface area contributed by atoms with Gasteiger partial charge in [0.2, 0.25) is 6.29 Å². The van der Waals surface area contributed by atoms with Crippen LogP contribution in [-0.2, 0) is 9.53 Å². The second-order valence-electron chi connectivity index (χ2n) is 1.72. The largest absolute Gasteiger partial charge is 0.429 e. The van der Waals surface area contributed by atoms with Gasteiger partial charge >= 0.3 is 5.97 Å². The van der Waals surface area contributed by atoms with E-state index in [0.717, 1.165) is 0 Å². The normalized spacial score (nSPS) is 27.7. The van der Waals surface area contributed by atoms with Crippen LogP contribution in [0, 0.1) is 0 Å². The second-order valence-corrected chi connectivity index (χ2v) is 3.60. The fraction of sp³-hybridized carbons (Fsp3) is 0.400. The Bertz CT molecular complexity index is 189. The third-order valence-corrected chi connectivity index (χ3v) is 1.75. The molecule has 10 heavy (non-hydrogen) atoms. The third kappa shape index (κ3) is 1.51. The average Bonchev–Trinajstić information content (AvgIpc) is 2.10. The predicted molar refractivity (Wildman–Crippen MR) is 38.7 cm³/mol. The molecule has 0 fully saturated rings. The summed E-state index contributed by atoms with van der Waals surface area (Å²) in [4.78, 5) is 10.7. The van der Waals surface area contributed by atoms with Gasteiger partial charge in [-0.05, 0) is 6.08 Å². The third-order valence-electron chi connectivity index (χ3n) is 1.02. The van der Waals surface area contributed by atoms with E-state index in [9.17, 15) is 4.79 Å². The molecule has 0 spiro atoms. The van der Waals surface area contributed by atoms with E-state index in [4.69, 9.17) is 16.7 Å². The van der Waals surface area contributed by atoms with Gasteiger partial charge in [-0.15, -0.1) is 11.6 Å². The topological polar surface area (TPSA) is 46.5 Å². The number of aliphatic hydroxyl groups excluding tert-OH is 1. The summed E-state index contributed by atoms with van der Waals surface area (Å²) >= 11 is 8.43.